The molecule has 1 unspecified atom stereocenters. The Morgan fingerprint density at radius 3 is 2.95 bits per heavy atom. The van der Waals surface area contributed by atoms with Crippen molar-refractivity contribution in [2.75, 3.05) is 26.8 Å². The highest BCUT2D eigenvalue weighted by molar-refractivity contribution is 9.10. The van der Waals surface area contributed by atoms with E-state index in [0.717, 1.165) is 0 Å². The number of likely N-dealkylation sites (N-methyl/N-ethyl adjacent to an activating group) is 1. The van der Waals surface area contributed by atoms with Crippen LogP contribution < -0.4 is 5.32 Å². The number of hydrogen-bond donors (Lipinski definition) is 2. The number of halogens is 1. The molecule has 1 heterocycles. The van der Waals surface area contributed by atoms with Gasteiger partial charge in [-0.2, -0.15) is 0 Å². The molecule has 1 atom stereocenters. The molecule has 0 bridgehead atoms. The normalized spacial score (nSPS) is 18.7. The number of carbonyl (C=O) groups is 2. The number of rotatable bonds is 2. The first-order chi connectivity index (χ1) is 9.54. The molecule has 108 valence electrons. The number of morpholine rings is 1. The average Bonchev–Trinajstić information content (AvgIpc) is 2.48. The highest BCUT2D eigenvalue weighted by Crippen LogP contribution is 2.24. The van der Waals surface area contributed by atoms with Crippen LogP contribution in [0.15, 0.2) is 22.7 Å². The minimum Gasteiger partial charge on any atom is -0.507 e. The average molecular weight is 343 g/mol. The molecule has 7 heteroatoms. The van der Waals surface area contributed by atoms with E-state index >= 15 is 0 Å². The minimum absolute atomic E-state index is 0.111. The van der Waals surface area contributed by atoms with E-state index in [1.54, 1.807) is 6.07 Å². The molecular weight excluding hydrogens is 328 g/mol. The summed E-state index contributed by atoms with van der Waals surface area (Å²) >= 11 is 3.26. The van der Waals surface area contributed by atoms with E-state index < -0.39 is 6.04 Å². The molecule has 2 N–H and O–H groups in total. The number of amides is 2. The summed E-state index contributed by atoms with van der Waals surface area (Å²) in [6.07, 6.45) is 0. The van der Waals surface area contributed by atoms with Gasteiger partial charge in [0.05, 0.1) is 18.8 Å². The lowest BCUT2D eigenvalue weighted by Gasteiger charge is -2.34. The standard InChI is InChI=1S/C13H15BrN2O4/c1-15-12(18)10-7-20-5-4-16(10)13(19)9-6-8(14)2-3-11(9)17/h2-3,6,10,17H,4-5,7H2,1H3,(H,15,18). The van der Waals surface area contributed by atoms with E-state index in [1.165, 1.54) is 24.1 Å². The second-order valence-corrected chi connectivity index (χ2v) is 5.28. The molecule has 2 amide bonds. The van der Waals surface area contributed by atoms with Gasteiger partial charge in [-0.25, -0.2) is 0 Å². The Balaban J connectivity index is 2.30. The fourth-order valence-corrected chi connectivity index (χ4v) is 2.43. The zero-order valence-corrected chi connectivity index (χ0v) is 12.5. The summed E-state index contributed by atoms with van der Waals surface area (Å²) in [5.74, 6) is -0.784. The monoisotopic (exact) mass is 342 g/mol. The van der Waals surface area contributed by atoms with Gasteiger partial charge in [0, 0.05) is 18.1 Å². The second-order valence-electron chi connectivity index (χ2n) is 4.36. The second kappa shape index (κ2) is 6.23. The van der Waals surface area contributed by atoms with E-state index in [1.807, 2.05) is 0 Å². The van der Waals surface area contributed by atoms with Gasteiger partial charge in [0.2, 0.25) is 5.91 Å². The number of phenols is 1. The maximum absolute atomic E-state index is 12.5. The third-order valence-electron chi connectivity index (χ3n) is 3.13. The Bertz CT molecular complexity index is 535. The van der Waals surface area contributed by atoms with E-state index in [9.17, 15) is 14.7 Å². The van der Waals surface area contributed by atoms with Gasteiger partial charge in [0.15, 0.2) is 0 Å². The molecule has 0 radical (unpaired) electrons. The summed E-state index contributed by atoms with van der Waals surface area (Å²) < 4.78 is 5.93. The lowest BCUT2D eigenvalue weighted by atomic mass is 10.1. The maximum atomic E-state index is 12.5. The molecule has 20 heavy (non-hydrogen) atoms. The Labute approximate surface area is 124 Å². The number of nitrogens with zero attached hydrogens (tertiary/aromatic N) is 1. The van der Waals surface area contributed by atoms with Gasteiger partial charge in [0.25, 0.3) is 5.91 Å². The molecule has 1 aliphatic heterocycles. The summed E-state index contributed by atoms with van der Waals surface area (Å²) in [7, 11) is 1.51. The molecule has 6 nitrogen and oxygen atoms in total. The molecule has 1 aromatic rings. The van der Waals surface area contributed by atoms with Gasteiger partial charge < -0.3 is 20.1 Å². The van der Waals surface area contributed by atoms with Gasteiger partial charge in [-0.1, -0.05) is 15.9 Å². The molecule has 1 aliphatic rings. The summed E-state index contributed by atoms with van der Waals surface area (Å²) in [5.41, 5.74) is 0.162. The number of ether oxygens (including phenoxy) is 1. The number of carbonyl (C=O) groups excluding carboxylic acids is 2. The van der Waals surface area contributed by atoms with Gasteiger partial charge >= 0.3 is 0 Å². The highest BCUT2D eigenvalue weighted by atomic mass is 79.9. The third-order valence-corrected chi connectivity index (χ3v) is 3.62. The quantitative estimate of drug-likeness (QED) is 0.830. The predicted octanol–water partition coefficient (Wildman–Crippen LogP) is 0.742. The van der Waals surface area contributed by atoms with Gasteiger partial charge in [0.1, 0.15) is 11.8 Å². The molecule has 1 fully saturated rings. The summed E-state index contributed by atoms with van der Waals surface area (Å²) in [5, 5.41) is 12.3. The van der Waals surface area contributed by atoms with Crippen molar-refractivity contribution in [3.8, 4) is 5.75 Å². The molecule has 0 aliphatic carbocycles. The summed E-state index contributed by atoms with van der Waals surface area (Å²) in [6, 6.07) is 3.93. The molecule has 0 aromatic heterocycles. The fourth-order valence-electron chi connectivity index (χ4n) is 2.06. The van der Waals surface area contributed by atoms with Crippen molar-refractivity contribution in [3.05, 3.63) is 28.2 Å². The van der Waals surface area contributed by atoms with Crippen molar-refractivity contribution >= 4 is 27.7 Å². The maximum Gasteiger partial charge on any atom is 0.258 e. The van der Waals surface area contributed by atoms with Gasteiger partial charge in [-0.05, 0) is 18.2 Å². The lowest BCUT2D eigenvalue weighted by Crippen LogP contribution is -2.55. The van der Waals surface area contributed by atoms with Crippen LogP contribution in [-0.2, 0) is 9.53 Å². The van der Waals surface area contributed by atoms with Gasteiger partial charge in [-0.15, -0.1) is 0 Å². The number of benzene rings is 1. The highest BCUT2D eigenvalue weighted by Gasteiger charge is 2.33. The van der Waals surface area contributed by atoms with Crippen LogP contribution in [0, 0.1) is 0 Å². The molecule has 1 aromatic carbocycles. The van der Waals surface area contributed by atoms with Crippen molar-refractivity contribution in [1.29, 1.82) is 0 Å². The van der Waals surface area contributed by atoms with Crippen molar-refractivity contribution in [2.45, 2.75) is 6.04 Å². The third kappa shape index (κ3) is 2.94. The fraction of sp³-hybridized carbons (Fsp3) is 0.385. The molecule has 2 rings (SSSR count). The van der Waals surface area contributed by atoms with Crippen LogP contribution in [0.25, 0.3) is 0 Å². The van der Waals surface area contributed by atoms with E-state index in [4.69, 9.17) is 4.74 Å². The zero-order chi connectivity index (χ0) is 14.7. The van der Waals surface area contributed by atoms with Crippen LogP contribution in [-0.4, -0.2) is 54.7 Å². The first kappa shape index (κ1) is 14.8. The Kier molecular flexibility index (Phi) is 4.61. The van der Waals surface area contributed by atoms with Crippen molar-refractivity contribution < 1.29 is 19.4 Å². The molecular formula is C13H15BrN2O4. The van der Waals surface area contributed by atoms with E-state index in [0.29, 0.717) is 17.6 Å². The Morgan fingerprint density at radius 2 is 2.25 bits per heavy atom. The SMILES string of the molecule is CNC(=O)C1COCCN1C(=O)c1cc(Br)ccc1O. The number of nitrogens with one attached hydrogen (secondary N) is 1. The zero-order valence-electron chi connectivity index (χ0n) is 10.9. The topological polar surface area (TPSA) is 78.9 Å². The minimum atomic E-state index is -0.681. The predicted molar refractivity (Wildman–Crippen MR) is 75.5 cm³/mol. The summed E-state index contributed by atoms with van der Waals surface area (Å²) in [6.45, 7) is 0.830. The van der Waals surface area contributed by atoms with Crippen molar-refractivity contribution in [2.24, 2.45) is 0 Å². The molecule has 1 saturated heterocycles. The number of hydrogen-bond acceptors (Lipinski definition) is 4. The van der Waals surface area contributed by atoms with Gasteiger partial charge in [-0.3, -0.25) is 9.59 Å². The van der Waals surface area contributed by atoms with Crippen LogP contribution in [0.4, 0.5) is 0 Å². The first-order valence-corrected chi connectivity index (χ1v) is 6.92. The largest absolute Gasteiger partial charge is 0.507 e. The van der Waals surface area contributed by atoms with Crippen LogP contribution in [0.2, 0.25) is 0 Å². The molecule has 0 saturated carbocycles. The van der Waals surface area contributed by atoms with Crippen LogP contribution >= 0.6 is 15.9 Å². The first-order valence-electron chi connectivity index (χ1n) is 6.13. The number of aromatic hydroxyl groups is 1. The van der Waals surface area contributed by atoms with Crippen LogP contribution in [0.5, 0.6) is 5.75 Å². The smallest absolute Gasteiger partial charge is 0.258 e. The van der Waals surface area contributed by atoms with Crippen LogP contribution in [0.1, 0.15) is 10.4 Å². The summed E-state index contributed by atoms with van der Waals surface area (Å²) in [4.78, 5) is 25.7. The van der Waals surface area contributed by atoms with Crippen molar-refractivity contribution in [3.63, 3.8) is 0 Å². The Morgan fingerprint density at radius 1 is 1.50 bits per heavy atom. The van der Waals surface area contributed by atoms with Crippen molar-refractivity contribution in [1.82, 2.24) is 10.2 Å². The van der Waals surface area contributed by atoms with E-state index in [2.05, 4.69) is 21.2 Å². The van der Waals surface area contributed by atoms with Crippen LogP contribution in [0.3, 0.4) is 0 Å². The lowest BCUT2D eigenvalue weighted by molar-refractivity contribution is -0.130. The Hall–Kier alpha value is -1.60. The van der Waals surface area contributed by atoms with E-state index in [-0.39, 0.29) is 29.7 Å². The molecule has 0 spiro atoms. The number of phenolic OH excluding ortho intramolecular Hbond substituents is 1.